The summed E-state index contributed by atoms with van der Waals surface area (Å²) in [6, 6.07) is 5.30. The highest BCUT2D eigenvalue weighted by Crippen LogP contribution is 1.96. The van der Waals surface area contributed by atoms with Gasteiger partial charge in [0.05, 0.1) is 6.21 Å². The van der Waals surface area contributed by atoms with Crippen molar-refractivity contribution in [3.8, 4) is 0 Å². The van der Waals surface area contributed by atoms with Crippen LogP contribution < -0.4 is 11.1 Å². The van der Waals surface area contributed by atoms with Gasteiger partial charge in [-0.15, -0.1) is 0 Å². The molecule has 2 heterocycles. The Hall–Kier alpha value is -2.50. The van der Waals surface area contributed by atoms with Crippen LogP contribution in [0.4, 0.5) is 5.82 Å². The molecule has 0 atom stereocenters. The Morgan fingerprint density at radius 2 is 2.31 bits per heavy atom. The molecule has 0 saturated heterocycles. The van der Waals surface area contributed by atoms with Gasteiger partial charge in [0.1, 0.15) is 5.82 Å². The minimum atomic E-state index is -0.415. The minimum absolute atomic E-state index is 0.415. The largest absolute Gasteiger partial charge is 0.346 e. The van der Waals surface area contributed by atoms with E-state index in [4.69, 9.17) is 0 Å². The van der Waals surface area contributed by atoms with Crippen LogP contribution in [0.15, 0.2) is 46.7 Å². The summed E-state index contributed by atoms with van der Waals surface area (Å²) < 4.78 is 0. The van der Waals surface area contributed by atoms with Crippen molar-refractivity contribution in [3.63, 3.8) is 0 Å². The number of rotatable bonds is 3. The van der Waals surface area contributed by atoms with Gasteiger partial charge in [-0.05, 0) is 12.1 Å². The molecule has 0 fully saturated rings. The summed E-state index contributed by atoms with van der Waals surface area (Å²) in [4.78, 5) is 20.8. The third kappa shape index (κ3) is 2.74. The van der Waals surface area contributed by atoms with E-state index >= 15 is 0 Å². The van der Waals surface area contributed by atoms with Gasteiger partial charge in [-0.25, -0.2) is 9.78 Å². The number of hydrogen-bond acceptors (Lipinski definition) is 5. The summed E-state index contributed by atoms with van der Waals surface area (Å²) in [6.07, 6.45) is 6.37. The zero-order chi connectivity index (χ0) is 11.2. The summed E-state index contributed by atoms with van der Waals surface area (Å²) in [5.74, 6) is 0.486. The normalized spacial score (nSPS) is 10.5. The van der Waals surface area contributed by atoms with Crippen molar-refractivity contribution in [3.05, 3.63) is 52.8 Å². The number of hydrogen-bond donors (Lipinski definition) is 2. The maximum absolute atomic E-state index is 10.9. The van der Waals surface area contributed by atoms with E-state index in [2.05, 4.69) is 25.5 Å². The summed E-state index contributed by atoms with van der Waals surface area (Å²) >= 11 is 0. The Morgan fingerprint density at radius 1 is 1.38 bits per heavy atom. The first-order chi connectivity index (χ1) is 7.84. The molecular weight excluding hydrogens is 206 g/mol. The third-order valence-electron chi connectivity index (χ3n) is 1.76. The number of anilines is 1. The zero-order valence-electron chi connectivity index (χ0n) is 8.29. The lowest BCUT2D eigenvalue weighted by Crippen LogP contribution is -2.10. The van der Waals surface area contributed by atoms with Crippen molar-refractivity contribution in [2.24, 2.45) is 5.10 Å². The number of aromatic nitrogens is 3. The molecule has 2 rings (SSSR count). The monoisotopic (exact) mass is 215 g/mol. The Morgan fingerprint density at radius 3 is 3.06 bits per heavy atom. The SMILES string of the molecule is O=c1nccc(N/N=C\c2cccnc2)[nH]1. The third-order valence-corrected chi connectivity index (χ3v) is 1.76. The maximum Gasteiger partial charge on any atom is 0.346 e. The van der Waals surface area contributed by atoms with E-state index in [1.165, 1.54) is 6.20 Å². The van der Waals surface area contributed by atoms with Crippen LogP contribution in [0.25, 0.3) is 0 Å². The van der Waals surface area contributed by atoms with Crippen LogP contribution in [-0.4, -0.2) is 21.2 Å². The number of hydrazone groups is 1. The summed E-state index contributed by atoms with van der Waals surface area (Å²) in [5.41, 5.74) is 3.13. The molecule has 0 bridgehead atoms. The number of nitrogens with one attached hydrogen (secondary N) is 2. The molecule has 0 aliphatic heterocycles. The zero-order valence-corrected chi connectivity index (χ0v) is 8.29. The Kier molecular flexibility index (Phi) is 3.03. The minimum Gasteiger partial charge on any atom is -0.291 e. The van der Waals surface area contributed by atoms with Gasteiger partial charge in [-0.3, -0.25) is 15.4 Å². The maximum atomic E-state index is 10.9. The topological polar surface area (TPSA) is 83.0 Å². The van der Waals surface area contributed by atoms with Crippen LogP contribution in [0.5, 0.6) is 0 Å². The second-order valence-corrected chi connectivity index (χ2v) is 2.95. The number of nitrogens with zero attached hydrogens (tertiary/aromatic N) is 3. The second kappa shape index (κ2) is 4.83. The fourth-order valence-corrected chi connectivity index (χ4v) is 1.06. The van der Waals surface area contributed by atoms with Gasteiger partial charge in [-0.1, -0.05) is 6.07 Å². The molecule has 0 amide bonds. The van der Waals surface area contributed by atoms with Crippen LogP contribution in [0.1, 0.15) is 5.56 Å². The lowest BCUT2D eigenvalue weighted by molar-refractivity contribution is 1.06. The van der Waals surface area contributed by atoms with Gasteiger partial charge in [0.15, 0.2) is 0 Å². The first-order valence-electron chi connectivity index (χ1n) is 4.59. The fourth-order valence-electron chi connectivity index (χ4n) is 1.06. The number of aromatic amines is 1. The van der Waals surface area contributed by atoms with Gasteiger partial charge < -0.3 is 0 Å². The van der Waals surface area contributed by atoms with E-state index in [9.17, 15) is 4.79 Å². The Balaban J connectivity index is 2.03. The molecule has 0 saturated carbocycles. The molecule has 6 nitrogen and oxygen atoms in total. The van der Waals surface area contributed by atoms with E-state index in [0.29, 0.717) is 5.82 Å². The summed E-state index contributed by atoms with van der Waals surface area (Å²) in [6.45, 7) is 0. The van der Waals surface area contributed by atoms with Crippen LogP contribution in [0, 0.1) is 0 Å². The molecule has 0 aromatic carbocycles. The second-order valence-electron chi connectivity index (χ2n) is 2.95. The van der Waals surface area contributed by atoms with Crippen molar-refractivity contribution < 1.29 is 0 Å². The number of H-pyrrole nitrogens is 1. The van der Waals surface area contributed by atoms with Crippen molar-refractivity contribution in [2.75, 3.05) is 5.43 Å². The average Bonchev–Trinajstić information content (AvgIpc) is 2.30. The van der Waals surface area contributed by atoms with Gasteiger partial charge >= 0.3 is 5.69 Å². The smallest absolute Gasteiger partial charge is 0.291 e. The molecule has 0 radical (unpaired) electrons. The quantitative estimate of drug-likeness (QED) is 0.580. The van der Waals surface area contributed by atoms with E-state index in [0.717, 1.165) is 5.56 Å². The van der Waals surface area contributed by atoms with Crippen molar-refractivity contribution in [1.82, 2.24) is 15.0 Å². The van der Waals surface area contributed by atoms with E-state index in [1.807, 2.05) is 12.1 Å². The predicted octanol–water partition coefficient (Wildman–Crippen LogP) is 0.611. The van der Waals surface area contributed by atoms with Gasteiger partial charge in [0, 0.05) is 24.2 Å². The van der Waals surface area contributed by atoms with E-state index in [-0.39, 0.29) is 0 Å². The van der Waals surface area contributed by atoms with Crippen molar-refractivity contribution in [1.29, 1.82) is 0 Å². The van der Waals surface area contributed by atoms with Crippen LogP contribution >= 0.6 is 0 Å². The Bertz CT molecular complexity index is 534. The summed E-state index contributed by atoms with van der Waals surface area (Å²) in [5, 5.41) is 3.94. The molecule has 0 aliphatic rings. The lowest BCUT2D eigenvalue weighted by Gasteiger charge is -1.97. The highest BCUT2D eigenvalue weighted by Gasteiger charge is 1.89. The van der Waals surface area contributed by atoms with E-state index in [1.54, 1.807) is 24.7 Å². The van der Waals surface area contributed by atoms with Crippen LogP contribution in [-0.2, 0) is 0 Å². The molecule has 16 heavy (non-hydrogen) atoms. The van der Waals surface area contributed by atoms with Gasteiger partial charge in [0.2, 0.25) is 0 Å². The highest BCUT2D eigenvalue weighted by molar-refractivity contribution is 5.79. The van der Waals surface area contributed by atoms with Gasteiger partial charge in [-0.2, -0.15) is 5.10 Å². The molecule has 0 aliphatic carbocycles. The highest BCUT2D eigenvalue weighted by atomic mass is 16.1. The van der Waals surface area contributed by atoms with Crippen molar-refractivity contribution >= 4 is 12.0 Å². The lowest BCUT2D eigenvalue weighted by atomic mass is 10.3. The molecule has 80 valence electrons. The average molecular weight is 215 g/mol. The van der Waals surface area contributed by atoms with Crippen molar-refractivity contribution in [2.45, 2.75) is 0 Å². The first-order valence-corrected chi connectivity index (χ1v) is 4.59. The predicted molar refractivity (Wildman–Crippen MR) is 60.3 cm³/mol. The van der Waals surface area contributed by atoms with Gasteiger partial charge in [0.25, 0.3) is 0 Å². The molecule has 2 aromatic heterocycles. The fraction of sp³-hybridized carbons (Fsp3) is 0. The molecule has 2 N–H and O–H groups in total. The number of pyridine rings is 1. The summed E-state index contributed by atoms with van der Waals surface area (Å²) in [7, 11) is 0. The molecule has 0 unspecified atom stereocenters. The standard InChI is InChI=1S/C10H9N5O/c16-10-12-5-3-9(14-10)15-13-7-8-2-1-4-11-6-8/h1-7H,(H2,12,14,15,16)/b13-7-. The molecule has 6 heteroatoms. The van der Waals surface area contributed by atoms with E-state index < -0.39 is 5.69 Å². The Labute approximate surface area is 91.1 Å². The molecule has 2 aromatic rings. The molecular formula is C10H9N5O. The van der Waals surface area contributed by atoms with Crippen LogP contribution in [0.3, 0.4) is 0 Å². The molecule has 0 spiro atoms. The first kappa shape index (κ1) is 10.0. The van der Waals surface area contributed by atoms with Crippen LogP contribution in [0.2, 0.25) is 0 Å².